The summed E-state index contributed by atoms with van der Waals surface area (Å²) in [7, 11) is 1.65. The van der Waals surface area contributed by atoms with Crippen LogP contribution in [0, 0.1) is 5.92 Å². The lowest BCUT2D eigenvalue weighted by Crippen LogP contribution is -2.36. The number of aliphatic hydroxyl groups excluding tert-OH is 1. The predicted octanol–water partition coefficient (Wildman–Crippen LogP) is 5.23. The molecule has 194 valence electrons. The van der Waals surface area contributed by atoms with Crippen LogP contribution in [0.2, 0.25) is 0 Å². The molecule has 0 bridgehead atoms. The van der Waals surface area contributed by atoms with Gasteiger partial charge in [0.2, 0.25) is 5.88 Å². The van der Waals surface area contributed by atoms with E-state index in [1.807, 2.05) is 59.3 Å². The van der Waals surface area contributed by atoms with Crippen molar-refractivity contribution in [1.29, 1.82) is 0 Å². The Morgan fingerprint density at radius 3 is 2.36 bits per heavy atom. The fraction of sp³-hybridized carbons (Fsp3) is 0.483. The van der Waals surface area contributed by atoms with Crippen LogP contribution in [-0.4, -0.2) is 58.8 Å². The topological polar surface area (TPSA) is 69.0 Å². The predicted molar refractivity (Wildman–Crippen MR) is 141 cm³/mol. The molecule has 0 amide bonds. The van der Waals surface area contributed by atoms with Gasteiger partial charge in [-0.3, -0.25) is 4.90 Å². The number of aryl methyl sites for hydroxylation is 1. The van der Waals surface area contributed by atoms with E-state index < -0.39 is 6.10 Å². The molecule has 1 aliphatic rings. The molecule has 0 aliphatic heterocycles. The molecule has 0 saturated heterocycles. The first-order valence-electron chi connectivity index (χ1n) is 13.0. The van der Waals surface area contributed by atoms with Crippen LogP contribution in [0.5, 0.6) is 17.4 Å². The van der Waals surface area contributed by atoms with Crippen molar-refractivity contribution in [3.63, 3.8) is 0 Å². The van der Waals surface area contributed by atoms with Gasteiger partial charge in [0, 0.05) is 25.7 Å². The zero-order chi connectivity index (χ0) is 25.5. The maximum absolute atomic E-state index is 10.7. The number of methoxy groups -OCH3 is 1. The van der Waals surface area contributed by atoms with Crippen molar-refractivity contribution in [3.8, 4) is 23.1 Å². The lowest BCUT2D eigenvalue weighted by atomic mass is 10.1. The van der Waals surface area contributed by atoms with Crippen molar-refractivity contribution in [3.05, 3.63) is 65.9 Å². The van der Waals surface area contributed by atoms with Crippen LogP contribution in [0.3, 0.4) is 0 Å². The Labute approximate surface area is 214 Å². The molecule has 1 N–H and O–H groups in total. The molecular formula is C29H39N3O4. The molecule has 2 aromatic carbocycles. The first kappa shape index (κ1) is 26.2. The minimum Gasteiger partial charge on any atom is -0.493 e. The number of hydrogen-bond acceptors (Lipinski definition) is 6. The Hall–Kier alpha value is -2.87. The summed E-state index contributed by atoms with van der Waals surface area (Å²) in [5.74, 6) is 2.43. The van der Waals surface area contributed by atoms with Gasteiger partial charge in [0.15, 0.2) is 11.5 Å². The van der Waals surface area contributed by atoms with E-state index in [0.29, 0.717) is 55.6 Å². The second kappa shape index (κ2) is 12.4. The lowest BCUT2D eigenvalue weighted by molar-refractivity contribution is 0.00535. The zero-order valence-corrected chi connectivity index (χ0v) is 21.9. The van der Waals surface area contributed by atoms with E-state index in [2.05, 4.69) is 25.7 Å². The molecule has 0 radical (unpaired) electrons. The molecule has 7 nitrogen and oxygen atoms in total. The molecule has 1 unspecified atom stereocenters. The normalized spacial score (nSPS) is 14.4. The summed E-state index contributed by atoms with van der Waals surface area (Å²) in [5, 5.41) is 15.7. The number of aromatic nitrogens is 2. The maximum atomic E-state index is 10.7. The van der Waals surface area contributed by atoms with Crippen molar-refractivity contribution in [1.82, 2.24) is 14.7 Å². The van der Waals surface area contributed by atoms with Gasteiger partial charge in [0.1, 0.15) is 0 Å². The van der Waals surface area contributed by atoms with E-state index in [1.165, 1.54) is 0 Å². The Morgan fingerprint density at radius 2 is 1.72 bits per heavy atom. The largest absolute Gasteiger partial charge is 0.493 e. The van der Waals surface area contributed by atoms with Gasteiger partial charge >= 0.3 is 0 Å². The SMILES string of the molecule is CCc1nn(-c2ccccc2)c(Oc2ccccc2OC)c1CN(CC(O)COCC(C)C)C1CC1. The molecular weight excluding hydrogens is 454 g/mol. The molecule has 36 heavy (non-hydrogen) atoms. The summed E-state index contributed by atoms with van der Waals surface area (Å²) in [4.78, 5) is 2.35. The van der Waals surface area contributed by atoms with E-state index >= 15 is 0 Å². The quantitative estimate of drug-likeness (QED) is 0.332. The van der Waals surface area contributed by atoms with Gasteiger partial charge < -0.3 is 19.3 Å². The molecule has 7 heteroatoms. The highest BCUT2D eigenvalue weighted by Gasteiger charge is 2.33. The second-order valence-electron chi connectivity index (χ2n) is 9.83. The summed E-state index contributed by atoms with van der Waals surface area (Å²) in [6, 6.07) is 18.2. The van der Waals surface area contributed by atoms with Crippen LogP contribution in [0.25, 0.3) is 5.69 Å². The lowest BCUT2D eigenvalue weighted by Gasteiger charge is -2.25. The Bertz CT molecular complexity index is 1100. The van der Waals surface area contributed by atoms with Crippen molar-refractivity contribution in [2.24, 2.45) is 5.92 Å². The number of para-hydroxylation sites is 3. The molecule has 1 atom stereocenters. The van der Waals surface area contributed by atoms with Gasteiger partial charge in [-0.25, -0.2) is 4.68 Å². The minimum absolute atomic E-state index is 0.343. The third kappa shape index (κ3) is 6.66. The molecule has 1 fully saturated rings. The maximum Gasteiger partial charge on any atom is 0.227 e. The fourth-order valence-corrected chi connectivity index (χ4v) is 4.33. The summed E-state index contributed by atoms with van der Waals surface area (Å²) in [6.45, 7) is 8.54. The molecule has 1 heterocycles. The summed E-state index contributed by atoms with van der Waals surface area (Å²) in [5.41, 5.74) is 2.96. The van der Waals surface area contributed by atoms with Crippen LogP contribution in [0.1, 0.15) is 44.9 Å². The summed E-state index contributed by atoms with van der Waals surface area (Å²) in [6.07, 6.45) is 2.50. The average Bonchev–Trinajstić information content (AvgIpc) is 3.68. The number of aliphatic hydroxyl groups is 1. The van der Waals surface area contributed by atoms with Gasteiger partial charge in [0.25, 0.3) is 0 Å². The third-order valence-electron chi connectivity index (χ3n) is 6.26. The number of rotatable bonds is 14. The van der Waals surface area contributed by atoms with Crippen molar-refractivity contribution in [2.75, 3.05) is 26.9 Å². The van der Waals surface area contributed by atoms with E-state index in [0.717, 1.165) is 36.2 Å². The number of ether oxygens (including phenoxy) is 3. The van der Waals surface area contributed by atoms with Gasteiger partial charge in [-0.15, -0.1) is 0 Å². The van der Waals surface area contributed by atoms with Gasteiger partial charge in [-0.05, 0) is 49.4 Å². The standard InChI is InChI=1S/C29H39N3O4/c1-5-26-25(18-31(22-15-16-22)17-24(33)20-35-19-21(2)3)29(32(30-26)23-11-7-6-8-12-23)36-28-14-10-9-13-27(28)34-4/h6-14,21-22,24,33H,5,15-20H2,1-4H3. The molecule has 1 aliphatic carbocycles. The van der Waals surface area contributed by atoms with Crippen LogP contribution in [-0.2, 0) is 17.7 Å². The smallest absolute Gasteiger partial charge is 0.227 e. The molecule has 1 saturated carbocycles. The number of hydrogen-bond donors (Lipinski definition) is 1. The Kier molecular flexibility index (Phi) is 9.02. The van der Waals surface area contributed by atoms with E-state index in [1.54, 1.807) is 7.11 Å². The fourth-order valence-electron chi connectivity index (χ4n) is 4.33. The van der Waals surface area contributed by atoms with Crippen molar-refractivity contribution in [2.45, 2.75) is 58.7 Å². The molecule has 4 rings (SSSR count). The number of nitrogens with zero attached hydrogens (tertiary/aromatic N) is 3. The van der Waals surface area contributed by atoms with E-state index in [9.17, 15) is 5.11 Å². The minimum atomic E-state index is -0.544. The van der Waals surface area contributed by atoms with Crippen LogP contribution in [0.15, 0.2) is 54.6 Å². The Morgan fingerprint density at radius 1 is 1.03 bits per heavy atom. The monoisotopic (exact) mass is 493 g/mol. The average molecular weight is 494 g/mol. The third-order valence-corrected chi connectivity index (χ3v) is 6.26. The second-order valence-corrected chi connectivity index (χ2v) is 9.83. The Balaban J connectivity index is 1.66. The van der Waals surface area contributed by atoms with Crippen molar-refractivity contribution < 1.29 is 19.3 Å². The molecule has 1 aromatic heterocycles. The van der Waals surface area contributed by atoms with Crippen molar-refractivity contribution >= 4 is 0 Å². The first-order valence-corrected chi connectivity index (χ1v) is 13.0. The summed E-state index contributed by atoms with van der Waals surface area (Å²) < 4.78 is 19.7. The van der Waals surface area contributed by atoms with Gasteiger partial charge in [0.05, 0.1) is 36.8 Å². The molecule has 0 spiro atoms. The highest BCUT2D eigenvalue weighted by molar-refractivity contribution is 5.47. The van der Waals surface area contributed by atoms with E-state index in [-0.39, 0.29) is 0 Å². The highest BCUT2D eigenvalue weighted by atomic mass is 16.5. The van der Waals surface area contributed by atoms with Crippen LogP contribution in [0.4, 0.5) is 0 Å². The summed E-state index contributed by atoms with van der Waals surface area (Å²) >= 11 is 0. The number of benzene rings is 2. The zero-order valence-electron chi connectivity index (χ0n) is 21.9. The first-order chi connectivity index (χ1) is 17.5. The molecule has 3 aromatic rings. The highest BCUT2D eigenvalue weighted by Crippen LogP contribution is 2.38. The van der Waals surface area contributed by atoms with Crippen LogP contribution >= 0.6 is 0 Å². The van der Waals surface area contributed by atoms with Gasteiger partial charge in [-0.2, -0.15) is 5.10 Å². The van der Waals surface area contributed by atoms with Crippen LogP contribution < -0.4 is 9.47 Å². The van der Waals surface area contributed by atoms with E-state index in [4.69, 9.17) is 19.3 Å². The van der Waals surface area contributed by atoms with Gasteiger partial charge in [-0.1, -0.05) is 51.1 Å².